The lowest BCUT2D eigenvalue weighted by Crippen LogP contribution is -2.30. The molecule has 0 radical (unpaired) electrons. The number of nitrogens with zero attached hydrogens (tertiary/aromatic N) is 2. The molecule has 1 saturated heterocycles. The van der Waals surface area contributed by atoms with Gasteiger partial charge in [-0.3, -0.25) is 4.79 Å². The summed E-state index contributed by atoms with van der Waals surface area (Å²) in [6, 6.07) is 7.71. The van der Waals surface area contributed by atoms with Crippen molar-refractivity contribution in [3.63, 3.8) is 0 Å². The molecule has 1 aromatic heterocycles. The number of hydrogen-bond donors (Lipinski definition) is 1. The molecular weight excluding hydrogens is 345 g/mol. The summed E-state index contributed by atoms with van der Waals surface area (Å²) in [5.74, 6) is -0.720. The van der Waals surface area contributed by atoms with E-state index in [2.05, 4.69) is 9.97 Å². The molecule has 0 amide bonds. The van der Waals surface area contributed by atoms with Crippen LogP contribution in [0.2, 0.25) is 0 Å². The Hall–Kier alpha value is -2.06. The van der Waals surface area contributed by atoms with Gasteiger partial charge in [-0.05, 0) is 25.5 Å². The van der Waals surface area contributed by atoms with E-state index in [0.29, 0.717) is 17.1 Å². The molecule has 0 saturated carbocycles. The molecule has 0 spiro atoms. The van der Waals surface area contributed by atoms with Crippen molar-refractivity contribution >= 4 is 10.0 Å². The van der Waals surface area contributed by atoms with Gasteiger partial charge in [0.15, 0.2) is 0 Å². The molecule has 1 aromatic carbocycles. The van der Waals surface area contributed by atoms with Crippen molar-refractivity contribution < 1.29 is 12.8 Å². The lowest BCUT2D eigenvalue weighted by atomic mass is 9.86. The van der Waals surface area contributed by atoms with E-state index < -0.39 is 15.9 Å². The maximum atomic E-state index is 14.3. The topological polar surface area (TPSA) is 83.1 Å². The Morgan fingerprint density at radius 1 is 1.28 bits per heavy atom. The fourth-order valence-electron chi connectivity index (χ4n) is 3.36. The van der Waals surface area contributed by atoms with E-state index >= 15 is 0 Å². The molecule has 3 rings (SSSR count). The highest BCUT2D eigenvalue weighted by Crippen LogP contribution is 2.40. The number of nitrogens with one attached hydrogen (secondary N) is 1. The number of benzene rings is 1. The van der Waals surface area contributed by atoms with Crippen molar-refractivity contribution in [1.29, 1.82) is 0 Å². The van der Waals surface area contributed by atoms with E-state index in [1.54, 1.807) is 32.0 Å². The number of halogens is 1. The fourth-order valence-corrected chi connectivity index (χ4v) is 4.50. The van der Waals surface area contributed by atoms with Crippen molar-refractivity contribution in [1.82, 2.24) is 14.3 Å². The Morgan fingerprint density at radius 2 is 1.96 bits per heavy atom. The van der Waals surface area contributed by atoms with E-state index in [4.69, 9.17) is 0 Å². The largest absolute Gasteiger partial charge is 0.311 e. The second kappa shape index (κ2) is 6.68. The normalized spacial score (nSPS) is 21.6. The van der Waals surface area contributed by atoms with Gasteiger partial charge in [-0.2, -0.15) is 0 Å². The highest BCUT2D eigenvalue weighted by Gasteiger charge is 2.41. The second-order valence-electron chi connectivity index (χ2n) is 6.21. The number of aryl methyl sites for hydroxylation is 1. The molecule has 1 aliphatic rings. The van der Waals surface area contributed by atoms with Crippen molar-refractivity contribution in [3.8, 4) is 0 Å². The third kappa shape index (κ3) is 3.50. The zero-order chi connectivity index (χ0) is 18.2. The summed E-state index contributed by atoms with van der Waals surface area (Å²) < 4.78 is 40.3. The molecule has 2 aromatic rings. The van der Waals surface area contributed by atoms with Gasteiger partial charge in [-0.1, -0.05) is 18.2 Å². The predicted molar refractivity (Wildman–Crippen MR) is 92.5 cm³/mol. The van der Waals surface area contributed by atoms with E-state index in [1.165, 1.54) is 16.4 Å². The van der Waals surface area contributed by atoms with Crippen LogP contribution in [0.25, 0.3) is 0 Å². The average Bonchev–Trinajstić information content (AvgIpc) is 3.00. The van der Waals surface area contributed by atoms with Gasteiger partial charge in [0, 0.05) is 31.0 Å². The van der Waals surface area contributed by atoms with Crippen molar-refractivity contribution in [2.45, 2.75) is 25.7 Å². The minimum absolute atomic E-state index is 0.0223. The van der Waals surface area contributed by atoms with Gasteiger partial charge in [-0.15, -0.1) is 0 Å². The molecule has 134 valence electrons. The summed E-state index contributed by atoms with van der Waals surface area (Å²) in [6.07, 6.45) is 0. The van der Waals surface area contributed by atoms with Gasteiger partial charge >= 0.3 is 0 Å². The number of H-pyrrole nitrogens is 1. The summed E-state index contributed by atoms with van der Waals surface area (Å²) in [4.78, 5) is 18.8. The molecular formula is C17H20FN3O3S. The molecule has 25 heavy (non-hydrogen) atoms. The Bertz CT molecular complexity index is 942. The predicted octanol–water partition coefficient (Wildman–Crippen LogP) is 1.75. The lowest BCUT2D eigenvalue weighted by molar-refractivity contribution is 0.470. The quantitative estimate of drug-likeness (QED) is 0.895. The van der Waals surface area contributed by atoms with Crippen LogP contribution in [0.3, 0.4) is 0 Å². The smallest absolute Gasteiger partial charge is 0.251 e. The molecule has 1 aliphatic heterocycles. The highest BCUT2D eigenvalue weighted by atomic mass is 32.2. The second-order valence-corrected chi connectivity index (χ2v) is 8.47. The number of aromatic nitrogens is 2. The van der Waals surface area contributed by atoms with Crippen molar-refractivity contribution in [3.05, 3.63) is 63.6 Å². The summed E-state index contributed by atoms with van der Waals surface area (Å²) in [5.41, 5.74) is 0.635. The number of aromatic amines is 1. The zero-order valence-electron chi connectivity index (χ0n) is 14.1. The molecule has 6 nitrogen and oxygen atoms in total. The molecule has 2 heterocycles. The van der Waals surface area contributed by atoms with Crippen LogP contribution in [0.15, 0.2) is 35.1 Å². The van der Waals surface area contributed by atoms with Gasteiger partial charge in [0.1, 0.15) is 11.6 Å². The SMILES string of the molecule is CCS(=O)(=O)N1C[C@@H](c2cc(=O)[nH]c(C)n2)[C@H](c2ccccc2F)C1. The fraction of sp³-hybridized carbons (Fsp3) is 0.412. The van der Waals surface area contributed by atoms with Gasteiger partial charge < -0.3 is 4.98 Å². The van der Waals surface area contributed by atoms with E-state index in [9.17, 15) is 17.6 Å². The van der Waals surface area contributed by atoms with E-state index in [1.807, 2.05) is 0 Å². The lowest BCUT2D eigenvalue weighted by Gasteiger charge is -2.18. The van der Waals surface area contributed by atoms with Crippen LogP contribution in [-0.4, -0.2) is 41.5 Å². The van der Waals surface area contributed by atoms with Gasteiger partial charge in [-0.25, -0.2) is 22.1 Å². The van der Waals surface area contributed by atoms with Crippen LogP contribution in [0, 0.1) is 12.7 Å². The molecule has 1 N–H and O–H groups in total. The summed E-state index contributed by atoms with van der Waals surface area (Å²) in [5, 5.41) is 0. The minimum Gasteiger partial charge on any atom is -0.311 e. The Labute approximate surface area is 145 Å². The first kappa shape index (κ1) is 17.8. The molecule has 1 fully saturated rings. The first-order valence-corrected chi connectivity index (χ1v) is 9.73. The summed E-state index contributed by atoms with van der Waals surface area (Å²) >= 11 is 0. The van der Waals surface area contributed by atoms with Crippen molar-refractivity contribution in [2.24, 2.45) is 0 Å². The molecule has 0 aliphatic carbocycles. The monoisotopic (exact) mass is 365 g/mol. The number of rotatable bonds is 4. The third-order valence-corrected chi connectivity index (χ3v) is 6.42. The zero-order valence-corrected chi connectivity index (χ0v) is 14.9. The Balaban J connectivity index is 2.09. The molecule has 2 atom stereocenters. The van der Waals surface area contributed by atoms with Crippen molar-refractivity contribution in [2.75, 3.05) is 18.8 Å². The Morgan fingerprint density at radius 3 is 2.60 bits per heavy atom. The first-order chi connectivity index (χ1) is 11.8. The molecule has 8 heteroatoms. The van der Waals surface area contributed by atoms with Gasteiger partial charge in [0.25, 0.3) is 5.56 Å². The molecule has 0 bridgehead atoms. The highest BCUT2D eigenvalue weighted by molar-refractivity contribution is 7.89. The van der Waals surface area contributed by atoms with Gasteiger partial charge in [0.05, 0.1) is 11.4 Å². The van der Waals surface area contributed by atoms with E-state index in [-0.39, 0.29) is 36.1 Å². The average molecular weight is 365 g/mol. The standard InChI is InChI=1S/C17H20FN3O3S/c1-3-25(23,24)21-9-13(12-6-4-5-7-15(12)18)14(10-21)16-8-17(22)20-11(2)19-16/h4-8,13-14H,3,9-10H2,1-2H3,(H,19,20,22)/t13-,14+/m0/s1. The third-order valence-electron chi connectivity index (χ3n) is 4.61. The van der Waals surface area contributed by atoms with Crippen LogP contribution < -0.4 is 5.56 Å². The van der Waals surface area contributed by atoms with E-state index in [0.717, 1.165) is 0 Å². The summed E-state index contributed by atoms with van der Waals surface area (Å²) in [7, 11) is -3.42. The minimum atomic E-state index is -3.42. The van der Waals surface area contributed by atoms with Crippen LogP contribution in [0.4, 0.5) is 4.39 Å². The number of sulfonamides is 1. The van der Waals surface area contributed by atoms with Crippen LogP contribution in [0.1, 0.15) is 35.8 Å². The van der Waals surface area contributed by atoms with Gasteiger partial charge in [0.2, 0.25) is 10.0 Å². The first-order valence-electron chi connectivity index (χ1n) is 8.12. The van der Waals surface area contributed by atoms with Crippen LogP contribution in [-0.2, 0) is 10.0 Å². The van der Waals surface area contributed by atoms with Crippen LogP contribution >= 0.6 is 0 Å². The number of hydrogen-bond acceptors (Lipinski definition) is 4. The molecule has 0 unspecified atom stereocenters. The van der Waals surface area contributed by atoms with Crippen LogP contribution in [0.5, 0.6) is 0 Å². The maximum Gasteiger partial charge on any atom is 0.251 e. The summed E-state index contributed by atoms with van der Waals surface area (Å²) in [6.45, 7) is 3.61. The maximum absolute atomic E-state index is 14.3. The Kier molecular flexibility index (Phi) is 4.75.